The molecule has 1 heterocycles. The van der Waals surface area contributed by atoms with Gasteiger partial charge in [-0.05, 0) is 55.6 Å². The van der Waals surface area contributed by atoms with E-state index < -0.39 is 0 Å². The Bertz CT molecular complexity index is 783. The molecule has 3 aliphatic rings. The van der Waals surface area contributed by atoms with Crippen LogP contribution in [0.15, 0.2) is 35.1 Å². The van der Waals surface area contributed by atoms with Gasteiger partial charge in [0.2, 0.25) is 0 Å². The summed E-state index contributed by atoms with van der Waals surface area (Å²) in [6, 6.07) is 10.4. The van der Waals surface area contributed by atoms with Crippen molar-refractivity contribution in [3.05, 3.63) is 47.3 Å². The van der Waals surface area contributed by atoms with Crippen LogP contribution in [0.25, 0.3) is 0 Å². The van der Waals surface area contributed by atoms with Crippen LogP contribution in [0, 0.1) is 0 Å². The Labute approximate surface area is 175 Å². The molecule has 0 spiro atoms. The lowest BCUT2D eigenvalue weighted by molar-refractivity contribution is 0.338. The fourth-order valence-electron chi connectivity index (χ4n) is 6.37. The van der Waals surface area contributed by atoms with E-state index in [1.165, 1.54) is 99.6 Å². The third-order valence-electron chi connectivity index (χ3n) is 7.91. The maximum absolute atomic E-state index is 5.71. The summed E-state index contributed by atoms with van der Waals surface area (Å²) in [4.78, 5) is 2.80. The lowest BCUT2D eigenvalue weighted by atomic mass is 9.75. The number of aromatic nitrogens is 1. The summed E-state index contributed by atoms with van der Waals surface area (Å²) < 4.78 is 5.71. The summed E-state index contributed by atoms with van der Waals surface area (Å²) in [7, 11) is 0. The first kappa shape index (κ1) is 19.2. The van der Waals surface area contributed by atoms with Crippen molar-refractivity contribution in [3.63, 3.8) is 0 Å². The molecular weight excluding hydrogens is 356 g/mol. The first-order valence-electron chi connectivity index (χ1n) is 12.1. The van der Waals surface area contributed by atoms with Gasteiger partial charge in [0.15, 0.2) is 0 Å². The molecule has 0 bridgehead atoms. The Morgan fingerprint density at radius 1 is 0.793 bits per heavy atom. The smallest absolute Gasteiger partial charge is 0.147 e. The highest BCUT2D eigenvalue weighted by Gasteiger charge is 2.36. The monoisotopic (exact) mass is 392 g/mol. The zero-order chi connectivity index (χ0) is 19.6. The Hall–Kier alpha value is -1.77. The van der Waals surface area contributed by atoms with Crippen molar-refractivity contribution in [1.29, 1.82) is 0 Å². The van der Waals surface area contributed by atoms with Crippen molar-refractivity contribution in [2.45, 2.75) is 108 Å². The van der Waals surface area contributed by atoms with Crippen molar-refractivity contribution < 1.29 is 4.52 Å². The van der Waals surface area contributed by atoms with E-state index in [1.807, 2.05) is 6.26 Å². The molecule has 5 rings (SSSR count). The highest BCUT2D eigenvalue weighted by Crippen LogP contribution is 2.46. The van der Waals surface area contributed by atoms with Crippen LogP contribution in [0.5, 0.6) is 0 Å². The predicted octanol–water partition coefficient (Wildman–Crippen LogP) is 7.18. The molecular formula is C26H36N2O. The van der Waals surface area contributed by atoms with Crippen LogP contribution >= 0.6 is 0 Å². The lowest BCUT2D eigenvalue weighted by Gasteiger charge is -2.43. The fraction of sp³-hybridized carbons (Fsp3) is 0.654. The lowest BCUT2D eigenvalue weighted by Crippen LogP contribution is -2.45. The number of anilines is 1. The zero-order valence-electron chi connectivity index (χ0n) is 18.0. The zero-order valence-corrected chi connectivity index (χ0v) is 18.0. The van der Waals surface area contributed by atoms with Crippen LogP contribution in [-0.2, 0) is 0 Å². The van der Waals surface area contributed by atoms with Crippen LogP contribution in [-0.4, -0.2) is 17.2 Å². The molecule has 3 nitrogen and oxygen atoms in total. The number of benzene rings is 1. The van der Waals surface area contributed by atoms with Crippen molar-refractivity contribution >= 4 is 5.69 Å². The third kappa shape index (κ3) is 3.73. The Balaban J connectivity index is 1.52. The number of nitrogens with zero attached hydrogens (tertiary/aromatic N) is 2. The van der Waals surface area contributed by atoms with Gasteiger partial charge < -0.3 is 9.42 Å². The molecule has 0 N–H and O–H groups in total. The summed E-state index contributed by atoms with van der Waals surface area (Å²) in [5, 5.41) is 4.66. The predicted molar refractivity (Wildman–Crippen MR) is 119 cm³/mol. The first-order chi connectivity index (χ1) is 14.3. The van der Waals surface area contributed by atoms with Gasteiger partial charge >= 0.3 is 0 Å². The van der Waals surface area contributed by atoms with Crippen LogP contribution in [0.1, 0.15) is 113 Å². The molecule has 1 aromatic heterocycles. The SMILES string of the molecule is CC1CCC(c2nocc2N(C2CCCCC2)C2CCCCC2)c2ccccc21. The molecule has 0 amide bonds. The fourth-order valence-corrected chi connectivity index (χ4v) is 6.37. The maximum Gasteiger partial charge on any atom is 0.147 e. The minimum atomic E-state index is 0.380. The highest BCUT2D eigenvalue weighted by molar-refractivity contribution is 5.55. The molecule has 2 aromatic rings. The second kappa shape index (κ2) is 8.53. The van der Waals surface area contributed by atoms with Gasteiger partial charge in [-0.15, -0.1) is 0 Å². The van der Waals surface area contributed by atoms with Crippen LogP contribution < -0.4 is 4.90 Å². The molecule has 2 atom stereocenters. The number of fused-ring (bicyclic) bond motifs is 1. The van der Waals surface area contributed by atoms with Crippen LogP contribution in [0.2, 0.25) is 0 Å². The quantitative estimate of drug-likeness (QED) is 0.552. The van der Waals surface area contributed by atoms with E-state index in [2.05, 4.69) is 41.2 Å². The molecule has 0 saturated heterocycles. The van der Waals surface area contributed by atoms with Gasteiger partial charge in [-0.1, -0.05) is 74.9 Å². The van der Waals surface area contributed by atoms with Crippen LogP contribution in [0.4, 0.5) is 5.69 Å². The van der Waals surface area contributed by atoms with Crippen molar-refractivity contribution in [1.82, 2.24) is 5.16 Å². The van der Waals surface area contributed by atoms with Crippen molar-refractivity contribution in [2.75, 3.05) is 4.90 Å². The van der Waals surface area contributed by atoms with E-state index in [-0.39, 0.29) is 0 Å². The van der Waals surface area contributed by atoms with Crippen LogP contribution in [0.3, 0.4) is 0 Å². The summed E-state index contributed by atoms with van der Waals surface area (Å²) in [6.07, 6.45) is 18.0. The van der Waals surface area contributed by atoms with Gasteiger partial charge in [0.25, 0.3) is 0 Å². The second-order valence-corrected chi connectivity index (χ2v) is 9.74. The summed E-state index contributed by atoms with van der Waals surface area (Å²) >= 11 is 0. The average molecular weight is 393 g/mol. The summed E-state index contributed by atoms with van der Waals surface area (Å²) in [6.45, 7) is 2.37. The Morgan fingerprint density at radius 3 is 2.07 bits per heavy atom. The molecule has 3 aliphatic carbocycles. The van der Waals surface area contributed by atoms with Gasteiger partial charge in [-0.2, -0.15) is 0 Å². The van der Waals surface area contributed by atoms with Gasteiger partial charge in [0, 0.05) is 18.0 Å². The van der Waals surface area contributed by atoms with E-state index in [0.717, 1.165) is 0 Å². The molecule has 1 aromatic carbocycles. The largest absolute Gasteiger partial charge is 0.362 e. The topological polar surface area (TPSA) is 29.3 Å². The molecule has 29 heavy (non-hydrogen) atoms. The average Bonchev–Trinajstić information content (AvgIpc) is 3.25. The molecule has 2 saturated carbocycles. The van der Waals surface area contributed by atoms with E-state index in [4.69, 9.17) is 4.52 Å². The van der Waals surface area contributed by atoms with E-state index in [0.29, 0.717) is 23.9 Å². The minimum Gasteiger partial charge on any atom is -0.362 e. The van der Waals surface area contributed by atoms with Gasteiger partial charge in [0.05, 0.1) is 0 Å². The number of hydrogen-bond donors (Lipinski definition) is 0. The maximum atomic E-state index is 5.71. The van der Waals surface area contributed by atoms with Gasteiger partial charge in [-0.25, -0.2) is 0 Å². The summed E-state index contributed by atoms with van der Waals surface area (Å²) in [5.74, 6) is 1.02. The number of rotatable bonds is 4. The Kier molecular flexibility index (Phi) is 5.65. The molecule has 0 radical (unpaired) electrons. The molecule has 156 valence electrons. The van der Waals surface area contributed by atoms with E-state index >= 15 is 0 Å². The highest BCUT2D eigenvalue weighted by atomic mass is 16.5. The molecule has 0 aliphatic heterocycles. The third-order valence-corrected chi connectivity index (χ3v) is 7.91. The summed E-state index contributed by atoms with van der Waals surface area (Å²) in [5.41, 5.74) is 5.52. The Morgan fingerprint density at radius 2 is 1.41 bits per heavy atom. The van der Waals surface area contributed by atoms with E-state index in [1.54, 1.807) is 0 Å². The second-order valence-electron chi connectivity index (χ2n) is 9.74. The molecule has 3 heteroatoms. The standard InChI is InChI=1S/C26H36N2O/c1-19-16-17-24(23-15-9-8-14-22(19)23)26-25(18-29-27-26)28(20-10-4-2-5-11-20)21-12-6-3-7-13-21/h8-9,14-15,18-21,24H,2-7,10-13,16-17H2,1H3. The van der Waals surface area contributed by atoms with Gasteiger partial charge in [0.1, 0.15) is 17.6 Å². The van der Waals surface area contributed by atoms with E-state index in [9.17, 15) is 0 Å². The van der Waals surface area contributed by atoms with Gasteiger partial charge in [-0.3, -0.25) is 0 Å². The molecule has 2 unspecified atom stereocenters. The van der Waals surface area contributed by atoms with Crippen molar-refractivity contribution in [2.24, 2.45) is 0 Å². The number of hydrogen-bond acceptors (Lipinski definition) is 3. The first-order valence-corrected chi connectivity index (χ1v) is 12.1. The normalized spacial score (nSPS) is 26.2. The minimum absolute atomic E-state index is 0.380. The molecule has 2 fully saturated rings. The van der Waals surface area contributed by atoms with Crippen molar-refractivity contribution in [3.8, 4) is 0 Å².